The van der Waals surface area contributed by atoms with Crippen molar-refractivity contribution in [2.45, 2.75) is 37.4 Å². The minimum absolute atomic E-state index is 0.104. The van der Waals surface area contributed by atoms with E-state index in [1.54, 1.807) is 30.3 Å². The van der Waals surface area contributed by atoms with E-state index in [0.29, 0.717) is 61.3 Å². The third kappa shape index (κ3) is 5.42. The standard InChI is InChI=1S/C23H27FN2O6S/c1-33(30,31)32-26-20-7-5-17(13-16(20)6-8-22(26)28)21(27)15-25-11-9-23(29,10-12-25)18-3-2-4-19(24)14-18/h2-5,7,13-14,21,27,29H,6,8-12,15H2,1H3/t21-/m0/s1. The van der Waals surface area contributed by atoms with Crippen molar-refractivity contribution >= 4 is 21.7 Å². The number of amides is 1. The van der Waals surface area contributed by atoms with Crippen molar-refractivity contribution in [1.82, 2.24) is 4.90 Å². The molecule has 0 spiro atoms. The number of halogens is 1. The Kier molecular flexibility index (Phi) is 6.56. The number of fused-ring (bicyclic) bond motifs is 1. The van der Waals surface area contributed by atoms with Gasteiger partial charge in [0.2, 0.25) is 0 Å². The number of carbonyl (C=O) groups is 1. The van der Waals surface area contributed by atoms with E-state index < -0.39 is 27.7 Å². The van der Waals surface area contributed by atoms with Gasteiger partial charge in [-0.15, -0.1) is 4.28 Å². The number of aliphatic hydroxyl groups is 2. The number of nitrogens with zero attached hydrogens (tertiary/aromatic N) is 2. The number of hydrogen-bond donors (Lipinski definition) is 2. The largest absolute Gasteiger partial charge is 0.387 e. The Balaban J connectivity index is 1.42. The Morgan fingerprint density at radius 2 is 1.88 bits per heavy atom. The third-order valence-corrected chi connectivity index (χ3v) is 6.65. The van der Waals surface area contributed by atoms with Crippen LogP contribution in [-0.4, -0.2) is 55.3 Å². The summed E-state index contributed by atoms with van der Waals surface area (Å²) in [6.45, 7) is 1.43. The zero-order valence-electron chi connectivity index (χ0n) is 18.3. The molecular formula is C23H27FN2O6S. The van der Waals surface area contributed by atoms with Crippen LogP contribution < -0.4 is 5.06 Å². The fourth-order valence-electron chi connectivity index (χ4n) is 4.43. The van der Waals surface area contributed by atoms with Crippen LogP contribution in [0.1, 0.15) is 42.1 Å². The minimum Gasteiger partial charge on any atom is -0.387 e. The van der Waals surface area contributed by atoms with E-state index >= 15 is 0 Å². The number of likely N-dealkylation sites (tertiary alicyclic amines) is 1. The predicted octanol–water partition coefficient (Wildman–Crippen LogP) is 2.01. The van der Waals surface area contributed by atoms with Gasteiger partial charge in [0.1, 0.15) is 5.82 Å². The van der Waals surface area contributed by atoms with Crippen molar-refractivity contribution in [3.05, 3.63) is 65.0 Å². The fraction of sp³-hybridized carbons (Fsp3) is 0.435. The number of piperidine rings is 1. The number of β-amino-alcohol motifs (C(OH)–C–C–N with tert-alkyl or cyclic N) is 1. The molecule has 10 heteroatoms. The van der Waals surface area contributed by atoms with E-state index in [0.717, 1.165) is 11.3 Å². The molecule has 2 aromatic carbocycles. The third-order valence-electron chi connectivity index (χ3n) is 6.23. The van der Waals surface area contributed by atoms with Gasteiger partial charge in [-0.2, -0.15) is 13.5 Å². The number of benzene rings is 2. The number of hydrogen-bond acceptors (Lipinski definition) is 7. The molecule has 0 bridgehead atoms. The number of anilines is 1. The summed E-state index contributed by atoms with van der Waals surface area (Å²) in [4.78, 5) is 14.2. The topological polar surface area (TPSA) is 107 Å². The zero-order valence-corrected chi connectivity index (χ0v) is 19.1. The van der Waals surface area contributed by atoms with E-state index in [9.17, 15) is 27.8 Å². The smallest absolute Gasteiger partial charge is 0.285 e. The van der Waals surface area contributed by atoms with Gasteiger partial charge < -0.3 is 15.1 Å². The molecule has 0 saturated carbocycles. The second kappa shape index (κ2) is 9.11. The van der Waals surface area contributed by atoms with Crippen molar-refractivity contribution < 1.29 is 32.1 Å². The maximum atomic E-state index is 13.6. The monoisotopic (exact) mass is 478 g/mol. The average molecular weight is 479 g/mol. The van der Waals surface area contributed by atoms with Crippen LogP contribution in [0, 0.1) is 5.82 Å². The highest BCUT2D eigenvalue weighted by Crippen LogP contribution is 2.35. The summed E-state index contributed by atoms with van der Waals surface area (Å²) < 4.78 is 41.4. The molecule has 2 heterocycles. The molecule has 0 unspecified atom stereocenters. The normalized spacial score (nSPS) is 19.9. The van der Waals surface area contributed by atoms with Gasteiger partial charge in [-0.1, -0.05) is 24.3 Å². The predicted molar refractivity (Wildman–Crippen MR) is 119 cm³/mol. The molecule has 178 valence electrons. The summed E-state index contributed by atoms with van der Waals surface area (Å²) in [5.74, 6) is -0.825. The first kappa shape index (κ1) is 23.8. The van der Waals surface area contributed by atoms with Crippen LogP contribution in [0.2, 0.25) is 0 Å². The van der Waals surface area contributed by atoms with Gasteiger partial charge in [-0.05, 0) is 54.2 Å². The van der Waals surface area contributed by atoms with Crippen LogP contribution in [0.3, 0.4) is 0 Å². The Morgan fingerprint density at radius 3 is 2.55 bits per heavy atom. The van der Waals surface area contributed by atoms with E-state index in [1.165, 1.54) is 12.1 Å². The molecule has 1 amide bonds. The summed E-state index contributed by atoms with van der Waals surface area (Å²) in [6.07, 6.45) is 1.44. The van der Waals surface area contributed by atoms with Crippen molar-refractivity contribution in [2.75, 3.05) is 31.0 Å². The van der Waals surface area contributed by atoms with Crippen LogP contribution in [0.15, 0.2) is 42.5 Å². The minimum atomic E-state index is -3.87. The zero-order chi connectivity index (χ0) is 23.8. The SMILES string of the molecule is CS(=O)(=O)ON1C(=O)CCc2cc([C@@H](O)CN3CCC(O)(c4cccc(F)c4)CC3)ccc21. The van der Waals surface area contributed by atoms with Gasteiger partial charge in [0, 0.05) is 26.1 Å². The van der Waals surface area contributed by atoms with E-state index in [4.69, 9.17) is 4.28 Å². The van der Waals surface area contributed by atoms with E-state index in [-0.39, 0.29) is 12.2 Å². The molecule has 0 aromatic heterocycles. The number of hydroxylamine groups is 1. The Labute approximate surface area is 192 Å². The molecule has 2 aromatic rings. The van der Waals surface area contributed by atoms with Crippen LogP contribution >= 0.6 is 0 Å². The molecule has 8 nitrogen and oxygen atoms in total. The fourth-order valence-corrected chi connectivity index (χ4v) is 4.86. The van der Waals surface area contributed by atoms with E-state index in [1.807, 2.05) is 4.90 Å². The quantitative estimate of drug-likeness (QED) is 0.654. The average Bonchev–Trinajstić information content (AvgIpc) is 2.76. The van der Waals surface area contributed by atoms with Crippen LogP contribution in [0.5, 0.6) is 0 Å². The molecule has 0 radical (unpaired) electrons. The van der Waals surface area contributed by atoms with Crippen molar-refractivity contribution in [3.63, 3.8) is 0 Å². The summed E-state index contributed by atoms with van der Waals surface area (Å²) in [7, 11) is -3.87. The maximum Gasteiger partial charge on any atom is 0.285 e. The number of carbonyl (C=O) groups excluding carboxylic acids is 1. The molecule has 2 aliphatic heterocycles. The maximum absolute atomic E-state index is 13.6. The van der Waals surface area contributed by atoms with Crippen molar-refractivity contribution in [1.29, 1.82) is 0 Å². The molecule has 4 rings (SSSR count). The van der Waals surface area contributed by atoms with Gasteiger partial charge >= 0.3 is 0 Å². The van der Waals surface area contributed by atoms with Crippen LogP contribution in [0.4, 0.5) is 10.1 Å². The highest BCUT2D eigenvalue weighted by Gasteiger charge is 2.35. The number of aliphatic hydroxyl groups excluding tert-OH is 1. The highest BCUT2D eigenvalue weighted by molar-refractivity contribution is 7.86. The van der Waals surface area contributed by atoms with Gasteiger partial charge in [0.05, 0.1) is 23.6 Å². The van der Waals surface area contributed by atoms with Crippen molar-refractivity contribution in [3.8, 4) is 0 Å². The van der Waals surface area contributed by atoms with Gasteiger partial charge in [-0.3, -0.25) is 4.79 Å². The molecule has 33 heavy (non-hydrogen) atoms. The molecule has 0 aliphatic carbocycles. The van der Waals surface area contributed by atoms with Gasteiger partial charge in [-0.25, -0.2) is 4.39 Å². The van der Waals surface area contributed by atoms with Gasteiger partial charge in [0.15, 0.2) is 0 Å². The highest BCUT2D eigenvalue weighted by atomic mass is 32.2. The summed E-state index contributed by atoms with van der Waals surface area (Å²) in [6, 6.07) is 11.0. The second-order valence-electron chi connectivity index (χ2n) is 8.71. The lowest BCUT2D eigenvalue weighted by atomic mass is 9.84. The lowest BCUT2D eigenvalue weighted by Crippen LogP contribution is -2.44. The van der Waals surface area contributed by atoms with Crippen LogP contribution in [-0.2, 0) is 31.2 Å². The first-order valence-corrected chi connectivity index (χ1v) is 12.6. The van der Waals surface area contributed by atoms with E-state index in [2.05, 4.69) is 0 Å². The van der Waals surface area contributed by atoms with Crippen LogP contribution in [0.25, 0.3) is 0 Å². The lowest BCUT2D eigenvalue weighted by molar-refractivity contribution is -0.123. The second-order valence-corrected chi connectivity index (χ2v) is 10.3. The Bertz CT molecular complexity index is 1150. The number of aryl methyl sites for hydroxylation is 1. The first-order valence-electron chi connectivity index (χ1n) is 10.8. The Morgan fingerprint density at radius 1 is 1.15 bits per heavy atom. The lowest BCUT2D eigenvalue weighted by Gasteiger charge is -2.39. The summed E-state index contributed by atoms with van der Waals surface area (Å²) in [5.41, 5.74) is 1.19. The number of rotatable bonds is 6. The molecule has 2 aliphatic rings. The summed E-state index contributed by atoms with van der Waals surface area (Å²) in [5, 5.41) is 22.5. The molecule has 1 atom stereocenters. The van der Waals surface area contributed by atoms with Gasteiger partial charge in [0.25, 0.3) is 16.0 Å². The van der Waals surface area contributed by atoms with Crippen molar-refractivity contribution in [2.24, 2.45) is 0 Å². The molecular weight excluding hydrogens is 451 g/mol. The molecule has 1 saturated heterocycles. The Hall–Kier alpha value is -2.37. The molecule has 2 N–H and O–H groups in total. The first-order chi connectivity index (χ1) is 15.5. The summed E-state index contributed by atoms with van der Waals surface area (Å²) >= 11 is 0. The molecule has 1 fully saturated rings.